The molecule has 0 aliphatic heterocycles. The lowest BCUT2D eigenvalue weighted by molar-refractivity contribution is -0.166. The van der Waals surface area contributed by atoms with Crippen LogP contribution in [0.15, 0.2) is 0 Å². The van der Waals surface area contributed by atoms with Gasteiger partial charge < -0.3 is 9.47 Å². The molecule has 0 saturated carbocycles. The summed E-state index contributed by atoms with van der Waals surface area (Å²) in [6.07, 6.45) is -0.607. The fourth-order valence-corrected chi connectivity index (χ4v) is 0.517. The lowest BCUT2D eigenvalue weighted by atomic mass is 10.7. The van der Waals surface area contributed by atoms with Crippen molar-refractivity contribution in [2.75, 3.05) is 13.0 Å². The number of hydrogen-bond acceptors (Lipinski definition) is 3. The van der Waals surface area contributed by atoms with Crippen LogP contribution in [0.25, 0.3) is 0 Å². The van der Waals surface area contributed by atoms with Crippen molar-refractivity contribution in [3.8, 4) is 0 Å². The molecule has 3 nitrogen and oxygen atoms in total. The Bertz CT molecular complexity index is 90.2. The Balaban J connectivity index is 3.43. The fourth-order valence-electron chi connectivity index (χ4n) is 0.328. The standard InChI is InChI=1S/C5H9ClO3/c1-4(7)9-5(3-6)8-2/h5H,3H2,1-2H3. The van der Waals surface area contributed by atoms with E-state index < -0.39 is 6.29 Å². The zero-order valence-electron chi connectivity index (χ0n) is 5.39. The maximum atomic E-state index is 10.2. The lowest BCUT2D eigenvalue weighted by Gasteiger charge is -2.10. The molecule has 0 bridgehead atoms. The van der Waals surface area contributed by atoms with Crippen molar-refractivity contribution in [3.63, 3.8) is 0 Å². The van der Waals surface area contributed by atoms with Crippen LogP contribution in [-0.4, -0.2) is 25.2 Å². The van der Waals surface area contributed by atoms with E-state index in [0.717, 1.165) is 0 Å². The van der Waals surface area contributed by atoms with Gasteiger partial charge in [-0.25, -0.2) is 0 Å². The van der Waals surface area contributed by atoms with Crippen LogP contribution in [-0.2, 0) is 14.3 Å². The predicted octanol–water partition coefficient (Wildman–Crippen LogP) is 0.761. The first-order valence-corrected chi connectivity index (χ1v) is 3.00. The van der Waals surface area contributed by atoms with Gasteiger partial charge in [0.2, 0.25) is 6.29 Å². The molecule has 0 aromatic carbocycles. The van der Waals surface area contributed by atoms with Gasteiger partial charge in [0.1, 0.15) is 0 Å². The highest BCUT2D eigenvalue weighted by molar-refractivity contribution is 6.18. The Morgan fingerprint density at radius 1 is 1.78 bits per heavy atom. The number of methoxy groups -OCH3 is 1. The number of halogens is 1. The number of hydrogen-bond donors (Lipinski definition) is 0. The Hall–Kier alpha value is -0.280. The Morgan fingerprint density at radius 2 is 2.33 bits per heavy atom. The molecule has 0 aliphatic carbocycles. The van der Waals surface area contributed by atoms with Crippen LogP contribution < -0.4 is 0 Å². The maximum absolute atomic E-state index is 10.2. The molecule has 1 unspecified atom stereocenters. The summed E-state index contributed by atoms with van der Waals surface area (Å²) in [5, 5.41) is 0. The summed E-state index contributed by atoms with van der Waals surface area (Å²) in [5.41, 5.74) is 0. The van der Waals surface area contributed by atoms with Gasteiger partial charge in [-0.1, -0.05) is 0 Å². The van der Waals surface area contributed by atoms with Gasteiger partial charge in [0.15, 0.2) is 0 Å². The molecule has 0 spiro atoms. The summed E-state index contributed by atoms with van der Waals surface area (Å²) in [6.45, 7) is 1.30. The summed E-state index contributed by atoms with van der Waals surface area (Å²) in [7, 11) is 1.43. The summed E-state index contributed by atoms with van der Waals surface area (Å²) in [4.78, 5) is 10.2. The maximum Gasteiger partial charge on any atom is 0.304 e. The van der Waals surface area contributed by atoms with E-state index in [2.05, 4.69) is 9.47 Å². The SMILES string of the molecule is COC(CCl)OC(C)=O. The van der Waals surface area contributed by atoms with Gasteiger partial charge in [0.05, 0.1) is 5.88 Å². The van der Waals surface area contributed by atoms with Crippen LogP contribution >= 0.6 is 11.6 Å². The average molecular weight is 153 g/mol. The smallest absolute Gasteiger partial charge is 0.304 e. The average Bonchev–Trinajstić information content (AvgIpc) is 1.82. The summed E-state index contributed by atoms with van der Waals surface area (Å²) in [5.74, 6) is -0.224. The van der Waals surface area contributed by atoms with Crippen molar-refractivity contribution >= 4 is 17.6 Å². The summed E-state index contributed by atoms with van der Waals surface area (Å²) >= 11 is 5.31. The van der Waals surface area contributed by atoms with Crippen molar-refractivity contribution in [1.82, 2.24) is 0 Å². The van der Waals surface area contributed by atoms with Gasteiger partial charge in [0, 0.05) is 14.0 Å². The first-order chi connectivity index (χ1) is 4.20. The highest BCUT2D eigenvalue weighted by Gasteiger charge is 2.06. The molecule has 1 atom stereocenters. The lowest BCUT2D eigenvalue weighted by Crippen LogP contribution is -2.19. The first kappa shape index (κ1) is 8.72. The Labute approximate surface area is 58.9 Å². The molecule has 0 aromatic heterocycles. The molecule has 54 valence electrons. The van der Waals surface area contributed by atoms with Crippen LogP contribution in [0, 0.1) is 0 Å². The highest BCUT2D eigenvalue weighted by atomic mass is 35.5. The van der Waals surface area contributed by atoms with Gasteiger partial charge in [-0.15, -0.1) is 11.6 Å². The first-order valence-electron chi connectivity index (χ1n) is 2.46. The zero-order chi connectivity index (χ0) is 7.28. The molecular weight excluding hydrogens is 144 g/mol. The molecule has 0 radical (unpaired) electrons. The van der Waals surface area contributed by atoms with Crippen molar-refractivity contribution in [1.29, 1.82) is 0 Å². The largest absolute Gasteiger partial charge is 0.435 e. The third-order valence-electron chi connectivity index (χ3n) is 0.686. The third kappa shape index (κ3) is 4.24. The van der Waals surface area contributed by atoms with Crippen molar-refractivity contribution in [2.45, 2.75) is 13.2 Å². The molecule has 0 heterocycles. The second kappa shape index (κ2) is 4.58. The molecule has 0 N–H and O–H groups in total. The zero-order valence-corrected chi connectivity index (χ0v) is 6.14. The molecule has 9 heavy (non-hydrogen) atoms. The molecule has 0 saturated heterocycles. The highest BCUT2D eigenvalue weighted by Crippen LogP contribution is 1.95. The monoisotopic (exact) mass is 152 g/mol. The van der Waals surface area contributed by atoms with Gasteiger partial charge in [-0.3, -0.25) is 4.79 Å². The Morgan fingerprint density at radius 3 is 2.44 bits per heavy atom. The van der Waals surface area contributed by atoms with Crippen molar-refractivity contribution in [3.05, 3.63) is 0 Å². The molecule has 0 fully saturated rings. The molecule has 0 aliphatic rings. The van der Waals surface area contributed by atoms with Gasteiger partial charge in [0.25, 0.3) is 0 Å². The number of ether oxygens (including phenoxy) is 2. The van der Waals surface area contributed by atoms with Gasteiger partial charge >= 0.3 is 5.97 Å². The van der Waals surface area contributed by atoms with Crippen molar-refractivity contribution in [2.24, 2.45) is 0 Å². The van der Waals surface area contributed by atoms with Gasteiger partial charge in [-0.05, 0) is 0 Å². The summed E-state index contributed by atoms with van der Waals surface area (Å²) in [6, 6.07) is 0. The number of esters is 1. The molecule has 0 amide bonds. The number of carbonyl (C=O) groups is 1. The Kier molecular flexibility index (Phi) is 4.44. The van der Waals surface area contributed by atoms with E-state index in [9.17, 15) is 4.79 Å². The van der Waals surface area contributed by atoms with Crippen LogP contribution in [0.3, 0.4) is 0 Å². The predicted molar refractivity (Wildman–Crippen MR) is 33.3 cm³/mol. The van der Waals surface area contributed by atoms with E-state index in [4.69, 9.17) is 11.6 Å². The normalized spacial score (nSPS) is 12.8. The second-order valence-electron chi connectivity index (χ2n) is 1.43. The molecule has 0 aromatic rings. The number of carbonyl (C=O) groups excluding carboxylic acids is 1. The van der Waals surface area contributed by atoms with E-state index >= 15 is 0 Å². The van der Waals surface area contributed by atoms with Crippen LogP contribution in [0.5, 0.6) is 0 Å². The third-order valence-corrected chi connectivity index (χ3v) is 0.938. The van der Waals surface area contributed by atoms with Crippen LogP contribution in [0.2, 0.25) is 0 Å². The topological polar surface area (TPSA) is 35.5 Å². The van der Waals surface area contributed by atoms with Crippen molar-refractivity contribution < 1.29 is 14.3 Å². The fraction of sp³-hybridized carbons (Fsp3) is 0.800. The quantitative estimate of drug-likeness (QED) is 0.340. The van der Waals surface area contributed by atoms with E-state index in [1.165, 1.54) is 14.0 Å². The summed E-state index contributed by atoms with van der Waals surface area (Å²) < 4.78 is 9.19. The molecule has 0 rings (SSSR count). The second-order valence-corrected chi connectivity index (χ2v) is 1.74. The van der Waals surface area contributed by atoms with Crippen LogP contribution in [0.1, 0.15) is 6.92 Å². The van der Waals surface area contributed by atoms with E-state index in [1.807, 2.05) is 0 Å². The minimum atomic E-state index is -0.607. The minimum Gasteiger partial charge on any atom is -0.435 e. The molecule has 4 heteroatoms. The number of alkyl halides is 1. The molecular formula is C5H9ClO3. The van der Waals surface area contributed by atoms with E-state index in [-0.39, 0.29) is 11.8 Å². The van der Waals surface area contributed by atoms with E-state index in [0.29, 0.717) is 0 Å². The van der Waals surface area contributed by atoms with Gasteiger partial charge in [-0.2, -0.15) is 0 Å². The number of rotatable bonds is 3. The van der Waals surface area contributed by atoms with Crippen LogP contribution in [0.4, 0.5) is 0 Å². The minimum absolute atomic E-state index is 0.163. The van der Waals surface area contributed by atoms with E-state index in [1.54, 1.807) is 0 Å².